The number of hydrogen-bond donors (Lipinski definition) is 0. The van der Waals surface area contributed by atoms with Crippen LogP contribution in [0.4, 0.5) is 5.82 Å². The van der Waals surface area contributed by atoms with Gasteiger partial charge in [0.1, 0.15) is 11.6 Å². The number of nitrogens with zero attached hydrogens (tertiary/aromatic N) is 6. The molecule has 134 valence electrons. The molecule has 26 heavy (non-hydrogen) atoms. The summed E-state index contributed by atoms with van der Waals surface area (Å²) in [5, 5.41) is 0. The number of aryl methyl sites for hydroxylation is 3. The highest BCUT2D eigenvalue weighted by Crippen LogP contribution is 2.30. The van der Waals surface area contributed by atoms with Gasteiger partial charge in [-0.1, -0.05) is 0 Å². The maximum absolute atomic E-state index is 4.92. The molecular weight excluding hydrogens is 324 g/mol. The number of anilines is 1. The molecule has 0 bridgehead atoms. The lowest BCUT2D eigenvalue weighted by atomic mass is 10.2. The third-order valence-electron chi connectivity index (χ3n) is 5.03. The minimum Gasteiger partial charge on any atom is -0.359 e. The topological polar surface area (TPSA) is 59.7 Å². The van der Waals surface area contributed by atoms with Gasteiger partial charge in [-0.25, -0.2) is 15.0 Å². The highest BCUT2D eigenvalue weighted by atomic mass is 15.2. The highest BCUT2D eigenvalue weighted by molar-refractivity contribution is 5.60. The maximum atomic E-state index is 4.92. The summed E-state index contributed by atoms with van der Waals surface area (Å²) in [6, 6.07) is 3.95. The monoisotopic (exact) mass is 348 g/mol. The van der Waals surface area contributed by atoms with Crippen molar-refractivity contribution in [2.45, 2.75) is 39.2 Å². The first kappa shape index (κ1) is 16.7. The number of hydrogen-bond acceptors (Lipinski definition) is 5. The molecule has 0 fully saturated rings. The van der Waals surface area contributed by atoms with Crippen molar-refractivity contribution in [1.82, 2.24) is 24.5 Å². The zero-order chi connectivity index (χ0) is 17.9. The van der Waals surface area contributed by atoms with E-state index in [-0.39, 0.29) is 0 Å². The Morgan fingerprint density at radius 3 is 2.73 bits per heavy atom. The zero-order valence-corrected chi connectivity index (χ0v) is 15.4. The predicted molar refractivity (Wildman–Crippen MR) is 102 cm³/mol. The molecular formula is C20H24N6. The summed E-state index contributed by atoms with van der Waals surface area (Å²) in [5.74, 6) is 2.96. The standard InChI is InChI=1S/C20H24N6/c1-15-22-11-14-26(15)13-4-12-25(2)20-17-5-3-6-18(17)23-19(24-20)16-7-9-21-10-8-16/h7-11,14H,3-6,12-13H2,1-2H3. The van der Waals surface area contributed by atoms with Gasteiger partial charge >= 0.3 is 0 Å². The minimum atomic E-state index is 0.806. The van der Waals surface area contributed by atoms with E-state index in [9.17, 15) is 0 Å². The van der Waals surface area contributed by atoms with E-state index in [2.05, 4.69) is 26.5 Å². The van der Waals surface area contributed by atoms with Crippen LogP contribution in [0.3, 0.4) is 0 Å². The smallest absolute Gasteiger partial charge is 0.161 e. The molecule has 3 aromatic rings. The van der Waals surface area contributed by atoms with Crippen LogP contribution in [-0.4, -0.2) is 38.1 Å². The summed E-state index contributed by atoms with van der Waals surface area (Å²) in [5.41, 5.74) is 3.56. The van der Waals surface area contributed by atoms with Crippen LogP contribution in [0.25, 0.3) is 11.4 Å². The summed E-state index contributed by atoms with van der Waals surface area (Å²) in [7, 11) is 2.14. The average molecular weight is 348 g/mol. The zero-order valence-electron chi connectivity index (χ0n) is 15.4. The molecule has 0 atom stereocenters. The second-order valence-corrected chi connectivity index (χ2v) is 6.83. The third kappa shape index (κ3) is 3.31. The molecule has 3 aromatic heterocycles. The fraction of sp³-hybridized carbons (Fsp3) is 0.400. The molecule has 4 rings (SSSR count). The Morgan fingerprint density at radius 1 is 1.12 bits per heavy atom. The van der Waals surface area contributed by atoms with Gasteiger partial charge in [-0.05, 0) is 44.7 Å². The first-order valence-corrected chi connectivity index (χ1v) is 9.21. The average Bonchev–Trinajstić information content (AvgIpc) is 3.30. The quantitative estimate of drug-likeness (QED) is 0.685. The first-order valence-electron chi connectivity index (χ1n) is 9.21. The van der Waals surface area contributed by atoms with E-state index in [0.717, 1.165) is 55.4 Å². The van der Waals surface area contributed by atoms with E-state index in [1.165, 1.54) is 17.7 Å². The summed E-state index contributed by atoms with van der Waals surface area (Å²) in [6.07, 6.45) is 11.8. The molecule has 3 heterocycles. The van der Waals surface area contributed by atoms with E-state index < -0.39 is 0 Å². The second kappa shape index (κ2) is 7.23. The van der Waals surface area contributed by atoms with Gasteiger partial charge in [-0.3, -0.25) is 4.98 Å². The van der Waals surface area contributed by atoms with Crippen LogP contribution in [0, 0.1) is 6.92 Å². The van der Waals surface area contributed by atoms with Crippen molar-refractivity contribution in [3.05, 3.63) is 54.0 Å². The fourth-order valence-electron chi connectivity index (χ4n) is 3.58. The van der Waals surface area contributed by atoms with Gasteiger partial charge in [-0.2, -0.15) is 0 Å². The largest absolute Gasteiger partial charge is 0.359 e. The van der Waals surface area contributed by atoms with E-state index >= 15 is 0 Å². The molecule has 0 unspecified atom stereocenters. The molecule has 0 radical (unpaired) electrons. The normalized spacial score (nSPS) is 13.0. The lowest BCUT2D eigenvalue weighted by molar-refractivity contribution is 0.620. The van der Waals surface area contributed by atoms with Gasteiger partial charge in [-0.15, -0.1) is 0 Å². The van der Waals surface area contributed by atoms with Crippen molar-refractivity contribution in [1.29, 1.82) is 0 Å². The van der Waals surface area contributed by atoms with Crippen LogP contribution in [0.5, 0.6) is 0 Å². The van der Waals surface area contributed by atoms with Crippen molar-refractivity contribution >= 4 is 5.82 Å². The van der Waals surface area contributed by atoms with Gasteiger partial charge in [0.05, 0.1) is 0 Å². The predicted octanol–water partition coefficient (Wildman–Crippen LogP) is 3.06. The second-order valence-electron chi connectivity index (χ2n) is 6.83. The summed E-state index contributed by atoms with van der Waals surface area (Å²) >= 11 is 0. The van der Waals surface area contributed by atoms with Gasteiger partial charge in [0.2, 0.25) is 0 Å². The molecule has 0 aromatic carbocycles. The molecule has 0 amide bonds. The number of pyridine rings is 1. The Hall–Kier alpha value is -2.76. The van der Waals surface area contributed by atoms with Crippen LogP contribution in [0.2, 0.25) is 0 Å². The number of fused-ring (bicyclic) bond motifs is 1. The molecule has 0 aliphatic heterocycles. The van der Waals surface area contributed by atoms with Crippen molar-refractivity contribution in [2.24, 2.45) is 0 Å². The molecule has 1 aliphatic carbocycles. The number of aromatic nitrogens is 5. The molecule has 0 spiro atoms. The molecule has 0 saturated carbocycles. The Balaban J connectivity index is 1.55. The number of imidazole rings is 1. The van der Waals surface area contributed by atoms with Crippen molar-refractivity contribution < 1.29 is 0 Å². The summed E-state index contributed by atoms with van der Waals surface area (Å²) in [4.78, 5) is 20.4. The molecule has 6 heteroatoms. The lowest BCUT2D eigenvalue weighted by Crippen LogP contribution is -2.23. The van der Waals surface area contributed by atoms with Crippen LogP contribution < -0.4 is 4.90 Å². The first-order chi connectivity index (χ1) is 12.7. The molecule has 0 saturated heterocycles. The molecule has 1 aliphatic rings. The highest BCUT2D eigenvalue weighted by Gasteiger charge is 2.22. The van der Waals surface area contributed by atoms with Crippen LogP contribution in [0.15, 0.2) is 36.9 Å². The summed E-state index contributed by atoms with van der Waals surface area (Å²) < 4.78 is 2.20. The minimum absolute atomic E-state index is 0.806. The summed E-state index contributed by atoms with van der Waals surface area (Å²) in [6.45, 7) is 3.97. The van der Waals surface area contributed by atoms with Crippen LogP contribution in [-0.2, 0) is 19.4 Å². The van der Waals surface area contributed by atoms with E-state index in [1.807, 2.05) is 31.5 Å². The molecule has 6 nitrogen and oxygen atoms in total. The SMILES string of the molecule is Cc1nccn1CCCN(C)c1nc(-c2ccncc2)nc2c1CCC2. The van der Waals surface area contributed by atoms with Gasteiger partial charge in [0, 0.05) is 61.7 Å². The lowest BCUT2D eigenvalue weighted by Gasteiger charge is -2.22. The van der Waals surface area contributed by atoms with E-state index in [0.29, 0.717) is 0 Å². The van der Waals surface area contributed by atoms with Crippen molar-refractivity contribution in [2.75, 3.05) is 18.5 Å². The van der Waals surface area contributed by atoms with E-state index in [4.69, 9.17) is 9.97 Å². The number of rotatable bonds is 6. The van der Waals surface area contributed by atoms with Gasteiger partial charge in [0.15, 0.2) is 5.82 Å². The Bertz CT molecular complexity index is 887. The fourth-order valence-corrected chi connectivity index (χ4v) is 3.58. The Labute approximate surface area is 154 Å². The van der Waals surface area contributed by atoms with Gasteiger partial charge < -0.3 is 9.47 Å². The van der Waals surface area contributed by atoms with Crippen molar-refractivity contribution in [3.63, 3.8) is 0 Å². The Morgan fingerprint density at radius 2 is 1.96 bits per heavy atom. The van der Waals surface area contributed by atoms with Crippen LogP contribution in [0.1, 0.15) is 29.9 Å². The molecule has 0 N–H and O–H groups in total. The Kier molecular flexibility index (Phi) is 4.65. The van der Waals surface area contributed by atoms with Crippen molar-refractivity contribution in [3.8, 4) is 11.4 Å². The third-order valence-corrected chi connectivity index (χ3v) is 5.03. The maximum Gasteiger partial charge on any atom is 0.161 e. The van der Waals surface area contributed by atoms with Crippen LogP contribution >= 0.6 is 0 Å². The van der Waals surface area contributed by atoms with Gasteiger partial charge in [0.25, 0.3) is 0 Å². The van der Waals surface area contributed by atoms with E-state index in [1.54, 1.807) is 12.4 Å².